The fraction of sp³-hybridized carbons (Fsp3) is 0.154. The van der Waals surface area contributed by atoms with Crippen molar-refractivity contribution < 1.29 is 9.53 Å². The number of fused-ring (bicyclic) bond motifs is 1. The molecule has 8 heteroatoms. The number of para-hydroxylation sites is 2. The average molecular weight is 453 g/mol. The number of carbonyl (C=O) groups is 1. The topological polar surface area (TPSA) is 97.7 Å². The molecule has 0 fully saturated rings. The zero-order chi connectivity index (χ0) is 23.3. The number of nitrogens with zero attached hydrogens (tertiary/aromatic N) is 4. The molecule has 0 saturated heterocycles. The smallest absolute Gasteiger partial charge is 0.246 e. The van der Waals surface area contributed by atoms with Gasteiger partial charge in [0, 0.05) is 11.3 Å². The van der Waals surface area contributed by atoms with E-state index >= 15 is 0 Å². The number of aromatic nitrogens is 5. The number of amides is 1. The van der Waals surface area contributed by atoms with Crippen LogP contribution >= 0.6 is 0 Å². The van der Waals surface area contributed by atoms with Gasteiger partial charge in [-0.2, -0.15) is 0 Å². The van der Waals surface area contributed by atoms with Gasteiger partial charge in [-0.15, -0.1) is 5.10 Å². The van der Waals surface area contributed by atoms with Crippen molar-refractivity contribution in [1.82, 2.24) is 25.0 Å². The molecule has 0 saturated carbocycles. The number of anilines is 1. The third kappa shape index (κ3) is 4.96. The number of imidazole rings is 1. The molecule has 2 aromatic heterocycles. The Bertz CT molecular complexity index is 1370. The van der Waals surface area contributed by atoms with E-state index in [0.717, 1.165) is 34.5 Å². The number of rotatable bonds is 8. The summed E-state index contributed by atoms with van der Waals surface area (Å²) in [4.78, 5) is 20.2. The SMILES string of the molecule is CCc1ccc(NC(=O)Cn2cc(COc3ccc(-c4nc5ccccc5[nH]4)cc3)nn2)cc1. The van der Waals surface area contributed by atoms with Gasteiger partial charge in [-0.1, -0.05) is 36.4 Å². The number of hydrogen-bond donors (Lipinski definition) is 2. The van der Waals surface area contributed by atoms with Crippen LogP contribution in [0.1, 0.15) is 18.2 Å². The van der Waals surface area contributed by atoms with Crippen molar-refractivity contribution >= 4 is 22.6 Å². The number of aryl methyl sites for hydroxylation is 1. The third-order valence-corrected chi connectivity index (χ3v) is 5.44. The highest BCUT2D eigenvalue weighted by Crippen LogP contribution is 2.23. The van der Waals surface area contributed by atoms with E-state index in [1.807, 2.05) is 72.8 Å². The quantitative estimate of drug-likeness (QED) is 0.359. The maximum atomic E-state index is 12.3. The second-order valence-corrected chi connectivity index (χ2v) is 7.92. The average Bonchev–Trinajstić information content (AvgIpc) is 3.50. The van der Waals surface area contributed by atoms with Gasteiger partial charge in [-0.25, -0.2) is 9.67 Å². The number of ether oxygens (including phenoxy) is 1. The standard InChI is InChI=1S/C26H24N6O2/c1-2-18-7-11-20(12-8-18)27-25(33)16-32-15-21(30-31-32)17-34-22-13-9-19(10-14-22)26-28-23-5-3-4-6-24(23)29-26/h3-15H,2,16-17H2,1H3,(H,27,33)(H,28,29). The fourth-order valence-corrected chi connectivity index (χ4v) is 3.61. The molecule has 0 atom stereocenters. The van der Waals surface area contributed by atoms with E-state index in [9.17, 15) is 4.79 Å². The molecule has 0 radical (unpaired) electrons. The predicted molar refractivity (Wildman–Crippen MR) is 130 cm³/mol. The van der Waals surface area contributed by atoms with Gasteiger partial charge in [0.05, 0.1) is 17.2 Å². The van der Waals surface area contributed by atoms with Gasteiger partial charge in [0.25, 0.3) is 0 Å². The third-order valence-electron chi connectivity index (χ3n) is 5.44. The highest BCUT2D eigenvalue weighted by molar-refractivity contribution is 5.90. The summed E-state index contributed by atoms with van der Waals surface area (Å²) in [6.45, 7) is 2.43. The molecule has 8 nitrogen and oxygen atoms in total. The molecule has 0 unspecified atom stereocenters. The normalized spacial score (nSPS) is 11.0. The molecule has 3 aromatic carbocycles. The molecule has 0 aliphatic rings. The molecule has 0 aliphatic carbocycles. The predicted octanol–water partition coefficient (Wildman–Crippen LogP) is 4.60. The summed E-state index contributed by atoms with van der Waals surface area (Å²) < 4.78 is 7.33. The minimum atomic E-state index is -0.164. The Kier molecular flexibility index (Phi) is 6.03. The van der Waals surface area contributed by atoms with Gasteiger partial charge in [-0.05, 0) is 60.5 Å². The van der Waals surface area contributed by atoms with E-state index in [1.165, 1.54) is 10.2 Å². The summed E-state index contributed by atoms with van der Waals surface area (Å²) in [7, 11) is 0. The molecule has 5 rings (SSSR count). The summed E-state index contributed by atoms with van der Waals surface area (Å²) in [5.74, 6) is 1.36. The van der Waals surface area contributed by atoms with Crippen LogP contribution < -0.4 is 10.1 Å². The summed E-state index contributed by atoms with van der Waals surface area (Å²) in [5, 5.41) is 11.0. The number of H-pyrrole nitrogens is 1. The van der Waals surface area contributed by atoms with Crippen molar-refractivity contribution in [3.63, 3.8) is 0 Å². The molecule has 0 spiro atoms. The van der Waals surface area contributed by atoms with E-state index in [-0.39, 0.29) is 19.1 Å². The second kappa shape index (κ2) is 9.58. The van der Waals surface area contributed by atoms with Crippen LogP contribution in [0.4, 0.5) is 5.69 Å². The van der Waals surface area contributed by atoms with Gasteiger partial charge in [0.1, 0.15) is 30.4 Å². The zero-order valence-corrected chi connectivity index (χ0v) is 18.7. The Morgan fingerprint density at radius 1 is 1.03 bits per heavy atom. The molecule has 1 amide bonds. The van der Waals surface area contributed by atoms with Crippen LogP contribution in [0.2, 0.25) is 0 Å². The van der Waals surface area contributed by atoms with Gasteiger partial charge >= 0.3 is 0 Å². The molecular weight excluding hydrogens is 428 g/mol. The molecule has 2 heterocycles. The second-order valence-electron chi connectivity index (χ2n) is 7.92. The highest BCUT2D eigenvalue weighted by atomic mass is 16.5. The maximum Gasteiger partial charge on any atom is 0.246 e. The van der Waals surface area contributed by atoms with E-state index in [0.29, 0.717) is 11.4 Å². The Balaban J connectivity index is 1.14. The summed E-state index contributed by atoms with van der Waals surface area (Å²) >= 11 is 0. The Hall–Kier alpha value is -4.46. The summed E-state index contributed by atoms with van der Waals surface area (Å²) in [6, 6.07) is 23.4. The lowest BCUT2D eigenvalue weighted by Crippen LogP contribution is -2.19. The summed E-state index contributed by atoms with van der Waals surface area (Å²) in [6.07, 6.45) is 2.67. The first-order chi connectivity index (χ1) is 16.7. The van der Waals surface area contributed by atoms with Crippen LogP contribution in [0.3, 0.4) is 0 Å². The van der Waals surface area contributed by atoms with Gasteiger partial charge < -0.3 is 15.0 Å². The minimum absolute atomic E-state index is 0.0781. The van der Waals surface area contributed by atoms with Crippen LogP contribution in [-0.4, -0.2) is 30.9 Å². The van der Waals surface area contributed by atoms with Crippen molar-refractivity contribution in [3.8, 4) is 17.1 Å². The minimum Gasteiger partial charge on any atom is -0.487 e. The molecule has 5 aromatic rings. The van der Waals surface area contributed by atoms with E-state index in [2.05, 4.69) is 32.5 Å². The van der Waals surface area contributed by atoms with Crippen molar-refractivity contribution in [3.05, 3.63) is 90.3 Å². The number of benzene rings is 3. The Morgan fingerprint density at radius 3 is 2.59 bits per heavy atom. The monoisotopic (exact) mass is 452 g/mol. The zero-order valence-electron chi connectivity index (χ0n) is 18.7. The van der Waals surface area contributed by atoms with Gasteiger partial charge in [0.15, 0.2) is 0 Å². The lowest BCUT2D eigenvalue weighted by molar-refractivity contribution is -0.116. The number of hydrogen-bond acceptors (Lipinski definition) is 5. The van der Waals surface area contributed by atoms with Crippen molar-refractivity contribution in [2.75, 3.05) is 5.32 Å². The van der Waals surface area contributed by atoms with Crippen molar-refractivity contribution in [2.45, 2.75) is 26.5 Å². The van der Waals surface area contributed by atoms with Crippen LogP contribution in [0, 0.1) is 0 Å². The fourth-order valence-electron chi connectivity index (χ4n) is 3.61. The molecule has 170 valence electrons. The molecule has 0 aliphatic heterocycles. The van der Waals surface area contributed by atoms with Gasteiger partial charge in [0.2, 0.25) is 5.91 Å². The number of aromatic amines is 1. The number of carbonyl (C=O) groups excluding carboxylic acids is 1. The van der Waals surface area contributed by atoms with Gasteiger partial charge in [-0.3, -0.25) is 4.79 Å². The first-order valence-electron chi connectivity index (χ1n) is 11.1. The number of nitrogens with one attached hydrogen (secondary N) is 2. The van der Waals surface area contributed by atoms with Crippen LogP contribution in [0.15, 0.2) is 79.0 Å². The molecule has 2 N–H and O–H groups in total. The van der Waals surface area contributed by atoms with E-state index in [4.69, 9.17) is 4.74 Å². The van der Waals surface area contributed by atoms with E-state index < -0.39 is 0 Å². The highest BCUT2D eigenvalue weighted by Gasteiger charge is 2.09. The van der Waals surface area contributed by atoms with Crippen molar-refractivity contribution in [2.24, 2.45) is 0 Å². The van der Waals surface area contributed by atoms with Crippen LogP contribution in [-0.2, 0) is 24.4 Å². The van der Waals surface area contributed by atoms with E-state index in [1.54, 1.807) is 6.20 Å². The lowest BCUT2D eigenvalue weighted by atomic mass is 10.1. The van der Waals surface area contributed by atoms with Crippen LogP contribution in [0.5, 0.6) is 5.75 Å². The molecule has 34 heavy (non-hydrogen) atoms. The largest absolute Gasteiger partial charge is 0.487 e. The lowest BCUT2D eigenvalue weighted by Gasteiger charge is -2.06. The molecular formula is C26H24N6O2. The Labute approximate surface area is 196 Å². The molecule has 0 bridgehead atoms. The first-order valence-corrected chi connectivity index (χ1v) is 11.1. The maximum absolute atomic E-state index is 12.3. The summed E-state index contributed by atoms with van der Waals surface area (Å²) in [5.41, 5.74) is 5.54. The first kappa shape index (κ1) is 21.4. The van der Waals surface area contributed by atoms with Crippen molar-refractivity contribution in [1.29, 1.82) is 0 Å². The van der Waals surface area contributed by atoms with Crippen LogP contribution in [0.25, 0.3) is 22.4 Å². The Morgan fingerprint density at radius 2 is 1.82 bits per heavy atom.